The molecule has 0 radical (unpaired) electrons. The van der Waals surface area contributed by atoms with E-state index in [1.807, 2.05) is 0 Å². The van der Waals surface area contributed by atoms with Crippen LogP contribution in [0.5, 0.6) is 0 Å². The number of nitrogens with one attached hydrogen (secondary N) is 1. The molecule has 3 saturated heterocycles. The molecule has 3 fully saturated rings. The van der Waals surface area contributed by atoms with Gasteiger partial charge in [-0.05, 0) is 39.7 Å². The Bertz CT molecular complexity index is 246. The summed E-state index contributed by atoms with van der Waals surface area (Å²) in [6.07, 6.45) is 5.55. The highest BCUT2D eigenvalue weighted by Gasteiger charge is 2.35. The zero-order valence-corrected chi connectivity index (χ0v) is 10.7. The summed E-state index contributed by atoms with van der Waals surface area (Å²) in [6.45, 7) is 6.25. The average Bonchev–Trinajstić information content (AvgIpc) is 2.72. The Labute approximate surface area is 99.2 Å². The fourth-order valence-corrected chi connectivity index (χ4v) is 3.73. The van der Waals surface area contributed by atoms with Gasteiger partial charge in [0.2, 0.25) is 0 Å². The van der Waals surface area contributed by atoms with Crippen LogP contribution in [0.2, 0.25) is 0 Å². The van der Waals surface area contributed by atoms with Crippen molar-refractivity contribution in [3.05, 3.63) is 0 Å². The molecule has 1 N–H and O–H groups in total. The molecule has 3 heterocycles. The van der Waals surface area contributed by atoms with Crippen molar-refractivity contribution in [2.24, 2.45) is 0 Å². The van der Waals surface area contributed by atoms with Gasteiger partial charge in [-0.25, -0.2) is 0 Å². The van der Waals surface area contributed by atoms with E-state index in [1.165, 1.54) is 45.3 Å². The lowest BCUT2D eigenvalue weighted by atomic mass is 10.1. The monoisotopic (exact) mass is 223 g/mol. The molecule has 3 aliphatic heterocycles. The number of nitrogens with zero attached hydrogens (tertiary/aromatic N) is 2. The standard InChI is InChI=1S/C13H25N3/c1-10-7-13(9-15(10)2)16-6-5-11-3-4-12(8-16)14-11/h10-14H,3-9H2,1-2H3. The maximum atomic E-state index is 3.77. The third-order valence-corrected chi connectivity index (χ3v) is 4.94. The van der Waals surface area contributed by atoms with E-state index in [4.69, 9.17) is 0 Å². The van der Waals surface area contributed by atoms with Gasteiger partial charge in [-0.3, -0.25) is 4.90 Å². The zero-order valence-electron chi connectivity index (χ0n) is 10.7. The van der Waals surface area contributed by atoms with Crippen molar-refractivity contribution in [1.29, 1.82) is 0 Å². The van der Waals surface area contributed by atoms with Crippen LogP contribution in [0.25, 0.3) is 0 Å². The van der Waals surface area contributed by atoms with Crippen molar-refractivity contribution in [3.8, 4) is 0 Å². The fourth-order valence-electron chi connectivity index (χ4n) is 3.73. The first-order valence-electron chi connectivity index (χ1n) is 6.92. The maximum absolute atomic E-state index is 3.77. The Kier molecular flexibility index (Phi) is 2.94. The van der Waals surface area contributed by atoms with Crippen LogP contribution in [0, 0.1) is 0 Å². The van der Waals surface area contributed by atoms with Crippen molar-refractivity contribution < 1.29 is 0 Å². The molecule has 0 aromatic rings. The number of hydrogen-bond donors (Lipinski definition) is 1. The van der Waals surface area contributed by atoms with Crippen LogP contribution in [0.4, 0.5) is 0 Å². The van der Waals surface area contributed by atoms with Gasteiger partial charge in [0, 0.05) is 43.8 Å². The molecular weight excluding hydrogens is 198 g/mol. The summed E-state index contributed by atoms with van der Waals surface area (Å²) in [5.74, 6) is 0. The summed E-state index contributed by atoms with van der Waals surface area (Å²) in [4.78, 5) is 5.28. The molecule has 2 bridgehead atoms. The molecule has 0 aliphatic carbocycles. The maximum Gasteiger partial charge on any atom is 0.0238 e. The first-order valence-corrected chi connectivity index (χ1v) is 6.92. The molecule has 0 spiro atoms. The van der Waals surface area contributed by atoms with E-state index < -0.39 is 0 Å². The Hall–Kier alpha value is -0.120. The van der Waals surface area contributed by atoms with Crippen LogP contribution in [-0.4, -0.2) is 60.6 Å². The fraction of sp³-hybridized carbons (Fsp3) is 1.00. The second kappa shape index (κ2) is 4.28. The number of likely N-dealkylation sites (N-methyl/N-ethyl adjacent to an activating group) is 1. The molecule has 3 aliphatic rings. The van der Waals surface area contributed by atoms with E-state index in [0.29, 0.717) is 0 Å². The van der Waals surface area contributed by atoms with Crippen molar-refractivity contribution in [2.75, 3.05) is 26.7 Å². The minimum atomic E-state index is 0.776. The highest BCUT2D eigenvalue weighted by atomic mass is 15.3. The van der Waals surface area contributed by atoms with Crippen molar-refractivity contribution in [3.63, 3.8) is 0 Å². The molecule has 4 atom stereocenters. The van der Waals surface area contributed by atoms with Crippen LogP contribution < -0.4 is 5.32 Å². The third kappa shape index (κ3) is 2.01. The van der Waals surface area contributed by atoms with E-state index in [-0.39, 0.29) is 0 Å². The lowest BCUT2D eigenvalue weighted by Gasteiger charge is -2.29. The van der Waals surface area contributed by atoms with Gasteiger partial charge < -0.3 is 10.2 Å². The number of likely N-dealkylation sites (tertiary alicyclic amines) is 2. The van der Waals surface area contributed by atoms with Crippen LogP contribution in [0.1, 0.15) is 32.6 Å². The van der Waals surface area contributed by atoms with Crippen molar-refractivity contribution in [2.45, 2.75) is 56.8 Å². The van der Waals surface area contributed by atoms with Gasteiger partial charge in [0.05, 0.1) is 0 Å². The predicted octanol–water partition coefficient (Wildman–Crippen LogP) is 0.905. The topological polar surface area (TPSA) is 18.5 Å². The highest BCUT2D eigenvalue weighted by Crippen LogP contribution is 2.26. The van der Waals surface area contributed by atoms with Crippen LogP contribution in [0.3, 0.4) is 0 Å². The van der Waals surface area contributed by atoms with Crippen molar-refractivity contribution in [1.82, 2.24) is 15.1 Å². The van der Waals surface area contributed by atoms with Gasteiger partial charge in [0.15, 0.2) is 0 Å². The van der Waals surface area contributed by atoms with Gasteiger partial charge in [0.1, 0.15) is 0 Å². The first kappa shape index (κ1) is 11.0. The van der Waals surface area contributed by atoms with Gasteiger partial charge in [-0.15, -0.1) is 0 Å². The molecule has 0 amide bonds. The predicted molar refractivity (Wildman–Crippen MR) is 66.6 cm³/mol. The van der Waals surface area contributed by atoms with Gasteiger partial charge >= 0.3 is 0 Å². The smallest absolute Gasteiger partial charge is 0.0238 e. The molecule has 3 rings (SSSR count). The van der Waals surface area contributed by atoms with E-state index in [0.717, 1.165) is 24.2 Å². The Morgan fingerprint density at radius 2 is 1.88 bits per heavy atom. The summed E-state index contributed by atoms with van der Waals surface area (Å²) >= 11 is 0. The number of rotatable bonds is 1. The SMILES string of the molecule is CC1CC(N2CCC3CCC(C2)N3)CN1C. The van der Waals surface area contributed by atoms with E-state index in [9.17, 15) is 0 Å². The lowest BCUT2D eigenvalue weighted by molar-refractivity contribution is 0.188. The first-order chi connectivity index (χ1) is 7.72. The molecule has 0 aromatic heterocycles. The van der Waals surface area contributed by atoms with Crippen LogP contribution in [-0.2, 0) is 0 Å². The van der Waals surface area contributed by atoms with E-state index >= 15 is 0 Å². The average molecular weight is 223 g/mol. The number of hydrogen-bond acceptors (Lipinski definition) is 3. The molecule has 3 nitrogen and oxygen atoms in total. The second-order valence-corrected chi connectivity index (χ2v) is 6.10. The van der Waals surface area contributed by atoms with E-state index in [1.54, 1.807) is 0 Å². The minimum Gasteiger partial charge on any atom is -0.310 e. The summed E-state index contributed by atoms with van der Waals surface area (Å²) in [5.41, 5.74) is 0. The molecule has 0 aromatic carbocycles. The summed E-state index contributed by atoms with van der Waals surface area (Å²) in [7, 11) is 2.27. The normalized spacial score (nSPS) is 46.1. The van der Waals surface area contributed by atoms with Gasteiger partial charge in [0.25, 0.3) is 0 Å². The molecule has 4 unspecified atom stereocenters. The molecule has 92 valence electrons. The van der Waals surface area contributed by atoms with Crippen LogP contribution in [0.15, 0.2) is 0 Å². The summed E-state index contributed by atoms with van der Waals surface area (Å²) < 4.78 is 0. The minimum absolute atomic E-state index is 0.776. The Morgan fingerprint density at radius 1 is 1.06 bits per heavy atom. The molecule has 16 heavy (non-hydrogen) atoms. The highest BCUT2D eigenvalue weighted by molar-refractivity contribution is 4.94. The largest absolute Gasteiger partial charge is 0.310 e. The van der Waals surface area contributed by atoms with Gasteiger partial charge in [-0.1, -0.05) is 0 Å². The van der Waals surface area contributed by atoms with Crippen molar-refractivity contribution >= 4 is 0 Å². The Morgan fingerprint density at radius 3 is 2.62 bits per heavy atom. The third-order valence-electron chi connectivity index (χ3n) is 4.94. The summed E-state index contributed by atoms with van der Waals surface area (Å²) in [5, 5.41) is 3.77. The number of fused-ring (bicyclic) bond motifs is 2. The quantitative estimate of drug-likeness (QED) is 0.713. The molecule has 0 saturated carbocycles. The van der Waals surface area contributed by atoms with E-state index in [2.05, 4.69) is 29.1 Å². The Balaban J connectivity index is 1.63. The van der Waals surface area contributed by atoms with Crippen LogP contribution >= 0.6 is 0 Å². The van der Waals surface area contributed by atoms with Gasteiger partial charge in [-0.2, -0.15) is 0 Å². The zero-order chi connectivity index (χ0) is 11.1. The summed E-state index contributed by atoms with van der Waals surface area (Å²) in [6, 6.07) is 3.21. The molecule has 3 heteroatoms. The molecular formula is C13H25N3. The second-order valence-electron chi connectivity index (χ2n) is 6.10. The lowest BCUT2D eigenvalue weighted by Crippen LogP contribution is -2.42.